The highest BCUT2D eigenvalue weighted by Crippen LogP contribution is 2.26. The van der Waals surface area contributed by atoms with Crippen LogP contribution in [0.15, 0.2) is 12.1 Å². The van der Waals surface area contributed by atoms with Gasteiger partial charge >= 0.3 is 0 Å². The summed E-state index contributed by atoms with van der Waals surface area (Å²) in [5, 5.41) is 2.97. The van der Waals surface area contributed by atoms with E-state index in [0.717, 1.165) is 17.1 Å². The quantitative estimate of drug-likeness (QED) is 0.770. The first-order valence-corrected chi connectivity index (χ1v) is 10.1. The van der Waals surface area contributed by atoms with Crippen molar-refractivity contribution in [2.45, 2.75) is 38.6 Å². The van der Waals surface area contributed by atoms with Crippen LogP contribution in [0.2, 0.25) is 0 Å². The number of thiophene rings is 1. The van der Waals surface area contributed by atoms with Crippen LogP contribution in [0, 0.1) is 12.8 Å². The number of hydrogen-bond acceptors (Lipinski definition) is 4. The highest BCUT2D eigenvalue weighted by Gasteiger charge is 2.32. The van der Waals surface area contributed by atoms with E-state index >= 15 is 0 Å². The van der Waals surface area contributed by atoms with E-state index in [1.807, 2.05) is 0 Å². The molecule has 1 saturated carbocycles. The van der Waals surface area contributed by atoms with Gasteiger partial charge in [0.05, 0.1) is 0 Å². The molecular formula is C15H25N3O3S2. The summed E-state index contributed by atoms with van der Waals surface area (Å²) in [5.74, 6) is -0.0697. The van der Waals surface area contributed by atoms with Gasteiger partial charge in [0.2, 0.25) is 5.91 Å². The Hall–Kier alpha value is -0.960. The van der Waals surface area contributed by atoms with E-state index in [-0.39, 0.29) is 17.9 Å². The number of aryl methyl sites for hydroxylation is 1. The zero-order chi connectivity index (χ0) is 17.0. The van der Waals surface area contributed by atoms with Crippen molar-refractivity contribution < 1.29 is 13.2 Å². The van der Waals surface area contributed by atoms with E-state index in [2.05, 4.69) is 29.1 Å². The molecule has 0 aromatic carbocycles. The summed E-state index contributed by atoms with van der Waals surface area (Å²) < 4.78 is 27.4. The fourth-order valence-corrected chi connectivity index (χ4v) is 4.45. The molecule has 2 atom stereocenters. The molecule has 1 aromatic heterocycles. The highest BCUT2D eigenvalue weighted by molar-refractivity contribution is 7.87. The molecule has 130 valence electrons. The third-order valence-electron chi connectivity index (χ3n) is 4.07. The normalized spacial score (nSPS) is 21.7. The van der Waals surface area contributed by atoms with Crippen LogP contribution in [-0.4, -0.2) is 45.3 Å². The predicted octanol–water partition coefficient (Wildman–Crippen LogP) is 1.28. The van der Waals surface area contributed by atoms with Crippen molar-refractivity contribution in [3.05, 3.63) is 21.9 Å². The van der Waals surface area contributed by atoms with E-state index in [1.54, 1.807) is 11.3 Å². The maximum Gasteiger partial charge on any atom is 0.279 e. The fourth-order valence-electron chi connectivity index (χ4n) is 2.72. The van der Waals surface area contributed by atoms with Crippen molar-refractivity contribution in [1.82, 2.24) is 14.3 Å². The van der Waals surface area contributed by atoms with Crippen LogP contribution in [0.25, 0.3) is 0 Å². The average Bonchev–Trinajstić information content (AvgIpc) is 3.07. The topological polar surface area (TPSA) is 78.5 Å². The van der Waals surface area contributed by atoms with Crippen molar-refractivity contribution in [2.75, 3.05) is 20.6 Å². The number of carbonyl (C=O) groups is 1. The summed E-state index contributed by atoms with van der Waals surface area (Å²) in [6.07, 6.45) is 2.84. The molecule has 1 aromatic rings. The maximum atomic E-state index is 12.2. The SMILES string of the molecule is Cc1ccc(CCNC(=O)[C@H]2CC[C@@H](NS(=O)(=O)N(C)C)C2)s1. The summed E-state index contributed by atoms with van der Waals surface area (Å²) >= 11 is 1.75. The van der Waals surface area contributed by atoms with Crippen molar-refractivity contribution in [3.8, 4) is 0 Å². The van der Waals surface area contributed by atoms with E-state index in [1.165, 1.54) is 23.8 Å². The minimum atomic E-state index is -3.43. The largest absolute Gasteiger partial charge is 0.356 e. The Morgan fingerprint density at radius 1 is 1.35 bits per heavy atom. The van der Waals surface area contributed by atoms with Crippen molar-refractivity contribution in [2.24, 2.45) is 5.92 Å². The third-order valence-corrected chi connectivity index (χ3v) is 6.72. The Labute approximate surface area is 142 Å². The lowest BCUT2D eigenvalue weighted by molar-refractivity contribution is -0.124. The minimum absolute atomic E-state index is 0.0322. The van der Waals surface area contributed by atoms with Crippen LogP contribution >= 0.6 is 11.3 Å². The van der Waals surface area contributed by atoms with Gasteiger partial charge in [-0.3, -0.25) is 4.79 Å². The number of amides is 1. The molecule has 2 rings (SSSR count). The standard InChI is InChI=1S/C15H25N3O3S2/c1-11-4-7-14(22-11)8-9-16-15(19)12-5-6-13(10-12)17-23(20,21)18(2)3/h4,7,12-13,17H,5-6,8-10H2,1-3H3,(H,16,19)/t12-,13+/m0/s1. The predicted molar refractivity (Wildman–Crippen MR) is 92.6 cm³/mol. The van der Waals surface area contributed by atoms with E-state index in [0.29, 0.717) is 19.4 Å². The second-order valence-corrected chi connectivity index (χ2v) is 9.45. The number of nitrogens with zero attached hydrogens (tertiary/aromatic N) is 1. The van der Waals surface area contributed by atoms with Crippen LogP contribution in [0.4, 0.5) is 0 Å². The van der Waals surface area contributed by atoms with Gasteiger partial charge in [0, 0.05) is 42.4 Å². The lowest BCUT2D eigenvalue weighted by atomic mass is 10.1. The van der Waals surface area contributed by atoms with Gasteiger partial charge in [-0.1, -0.05) is 0 Å². The Morgan fingerprint density at radius 2 is 2.09 bits per heavy atom. The van der Waals surface area contributed by atoms with Crippen molar-refractivity contribution in [3.63, 3.8) is 0 Å². The number of hydrogen-bond donors (Lipinski definition) is 2. The van der Waals surface area contributed by atoms with Crippen LogP contribution < -0.4 is 10.0 Å². The van der Waals surface area contributed by atoms with Gasteiger partial charge in [0.15, 0.2) is 0 Å². The van der Waals surface area contributed by atoms with Gasteiger partial charge in [-0.2, -0.15) is 17.4 Å². The molecule has 1 amide bonds. The average molecular weight is 360 g/mol. The second-order valence-electron chi connectivity index (χ2n) is 6.17. The molecule has 0 unspecified atom stereocenters. The lowest BCUT2D eigenvalue weighted by Crippen LogP contribution is -2.41. The Balaban J connectivity index is 1.74. The summed E-state index contributed by atoms with van der Waals surface area (Å²) in [6, 6.07) is 4.02. The third kappa shape index (κ3) is 5.27. The number of carbonyl (C=O) groups excluding carboxylic acids is 1. The Morgan fingerprint density at radius 3 is 2.70 bits per heavy atom. The molecule has 0 aliphatic heterocycles. The molecule has 0 spiro atoms. The summed E-state index contributed by atoms with van der Waals surface area (Å²) in [6.45, 7) is 2.70. The van der Waals surface area contributed by atoms with Gasteiger partial charge in [-0.05, 0) is 44.7 Å². The summed E-state index contributed by atoms with van der Waals surface area (Å²) in [4.78, 5) is 14.7. The molecule has 0 saturated heterocycles. The van der Waals surface area contributed by atoms with Crippen LogP contribution in [0.5, 0.6) is 0 Å². The molecule has 0 bridgehead atoms. The fraction of sp³-hybridized carbons (Fsp3) is 0.667. The van der Waals surface area contributed by atoms with Gasteiger partial charge in [0.1, 0.15) is 0 Å². The zero-order valence-corrected chi connectivity index (χ0v) is 15.5. The molecule has 8 heteroatoms. The van der Waals surface area contributed by atoms with Gasteiger partial charge < -0.3 is 5.32 Å². The smallest absolute Gasteiger partial charge is 0.279 e. The number of nitrogens with one attached hydrogen (secondary N) is 2. The summed E-state index contributed by atoms with van der Waals surface area (Å²) in [7, 11) is -0.441. The van der Waals surface area contributed by atoms with Crippen molar-refractivity contribution in [1.29, 1.82) is 0 Å². The maximum absolute atomic E-state index is 12.2. The first kappa shape index (κ1) is 18.4. The second kappa shape index (κ2) is 7.74. The molecule has 0 radical (unpaired) electrons. The van der Waals surface area contributed by atoms with Crippen LogP contribution in [0.1, 0.15) is 29.0 Å². The van der Waals surface area contributed by atoms with Crippen LogP contribution in [-0.2, 0) is 21.4 Å². The molecule has 1 aliphatic rings. The van der Waals surface area contributed by atoms with E-state index in [4.69, 9.17) is 0 Å². The molecule has 1 heterocycles. The van der Waals surface area contributed by atoms with Crippen LogP contribution in [0.3, 0.4) is 0 Å². The molecule has 2 N–H and O–H groups in total. The zero-order valence-electron chi connectivity index (χ0n) is 13.8. The first-order valence-electron chi connectivity index (χ1n) is 7.80. The van der Waals surface area contributed by atoms with Gasteiger partial charge in [-0.15, -0.1) is 11.3 Å². The molecule has 6 nitrogen and oxygen atoms in total. The molecule has 23 heavy (non-hydrogen) atoms. The molecule has 1 fully saturated rings. The monoisotopic (exact) mass is 359 g/mol. The van der Waals surface area contributed by atoms with E-state index < -0.39 is 10.2 Å². The Kier molecular flexibility index (Phi) is 6.19. The first-order chi connectivity index (χ1) is 10.8. The van der Waals surface area contributed by atoms with Gasteiger partial charge in [-0.25, -0.2) is 0 Å². The minimum Gasteiger partial charge on any atom is -0.356 e. The molecule has 1 aliphatic carbocycles. The van der Waals surface area contributed by atoms with Gasteiger partial charge in [0.25, 0.3) is 10.2 Å². The molecular weight excluding hydrogens is 334 g/mol. The summed E-state index contributed by atoms with van der Waals surface area (Å²) in [5.41, 5.74) is 0. The highest BCUT2D eigenvalue weighted by atomic mass is 32.2. The van der Waals surface area contributed by atoms with Crippen molar-refractivity contribution >= 4 is 27.5 Å². The van der Waals surface area contributed by atoms with E-state index in [9.17, 15) is 13.2 Å². The Bertz CT molecular complexity index is 640. The number of rotatable bonds is 7. The lowest BCUT2D eigenvalue weighted by Gasteiger charge is -2.17.